The van der Waals surface area contributed by atoms with Crippen LogP contribution in [0.4, 0.5) is 5.69 Å². The van der Waals surface area contributed by atoms with Crippen LogP contribution < -0.4 is 10.6 Å². The SMILES string of the molecule is CC(C)CNC(=O)CN(C)C(C)c1cccc(NC(=O)c2ccccc2)c1. The van der Waals surface area contributed by atoms with Gasteiger partial charge in [-0.3, -0.25) is 14.5 Å². The molecule has 2 rings (SSSR count). The van der Waals surface area contributed by atoms with Gasteiger partial charge >= 0.3 is 0 Å². The number of carbonyl (C=O) groups excluding carboxylic acids is 2. The smallest absolute Gasteiger partial charge is 0.255 e. The van der Waals surface area contributed by atoms with Gasteiger partial charge in [0.15, 0.2) is 0 Å². The first-order valence-corrected chi connectivity index (χ1v) is 9.30. The van der Waals surface area contributed by atoms with E-state index in [2.05, 4.69) is 24.5 Å². The van der Waals surface area contributed by atoms with E-state index in [1.807, 2.05) is 61.3 Å². The number of nitrogens with one attached hydrogen (secondary N) is 2. The highest BCUT2D eigenvalue weighted by Gasteiger charge is 2.16. The van der Waals surface area contributed by atoms with Gasteiger partial charge in [0.25, 0.3) is 5.91 Å². The minimum absolute atomic E-state index is 0.0200. The Hall–Kier alpha value is -2.66. The van der Waals surface area contributed by atoms with Crippen LogP contribution in [0.25, 0.3) is 0 Å². The normalized spacial score (nSPS) is 12.1. The molecule has 0 aromatic heterocycles. The number of likely N-dealkylation sites (N-methyl/N-ethyl adjacent to an activating group) is 1. The molecule has 1 unspecified atom stereocenters. The Bertz CT molecular complexity index is 759. The van der Waals surface area contributed by atoms with Crippen LogP contribution in [0.3, 0.4) is 0 Å². The summed E-state index contributed by atoms with van der Waals surface area (Å²) in [5.41, 5.74) is 2.40. The lowest BCUT2D eigenvalue weighted by Gasteiger charge is -2.25. The van der Waals surface area contributed by atoms with E-state index in [4.69, 9.17) is 0 Å². The van der Waals surface area contributed by atoms with E-state index in [0.717, 1.165) is 11.3 Å². The highest BCUT2D eigenvalue weighted by atomic mass is 16.2. The molecule has 0 saturated heterocycles. The molecule has 2 amide bonds. The van der Waals surface area contributed by atoms with Crippen LogP contribution in [-0.4, -0.2) is 36.9 Å². The molecule has 0 aliphatic carbocycles. The Kier molecular flexibility index (Phi) is 7.55. The zero-order valence-corrected chi connectivity index (χ0v) is 16.5. The van der Waals surface area contributed by atoms with Gasteiger partial charge in [0, 0.05) is 23.8 Å². The van der Waals surface area contributed by atoms with Gasteiger partial charge in [0.05, 0.1) is 6.54 Å². The van der Waals surface area contributed by atoms with E-state index in [9.17, 15) is 9.59 Å². The number of hydrogen-bond acceptors (Lipinski definition) is 3. The van der Waals surface area contributed by atoms with Crippen molar-refractivity contribution in [3.05, 3.63) is 65.7 Å². The van der Waals surface area contributed by atoms with Crippen molar-refractivity contribution in [2.75, 3.05) is 25.5 Å². The maximum Gasteiger partial charge on any atom is 0.255 e. The lowest BCUT2D eigenvalue weighted by atomic mass is 10.1. The Balaban J connectivity index is 1.99. The predicted molar refractivity (Wildman–Crippen MR) is 110 cm³/mol. The van der Waals surface area contributed by atoms with E-state index >= 15 is 0 Å². The average Bonchev–Trinajstić information content (AvgIpc) is 2.66. The van der Waals surface area contributed by atoms with Crippen molar-refractivity contribution in [3.63, 3.8) is 0 Å². The van der Waals surface area contributed by atoms with E-state index in [1.165, 1.54) is 0 Å². The maximum atomic E-state index is 12.3. The second kappa shape index (κ2) is 9.88. The van der Waals surface area contributed by atoms with Crippen LogP contribution in [0.1, 0.15) is 42.7 Å². The molecule has 1 atom stereocenters. The summed E-state index contributed by atoms with van der Waals surface area (Å²) in [7, 11) is 1.93. The topological polar surface area (TPSA) is 61.4 Å². The molecule has 0 saturated carbocycles. The Morgan fingerprint density at radius 3 is 2.37 bits per heavy atom. The zero-order valence-electron chi connectivity index (χ0n) is 16.5. The first kappa shape index (κ1) is 20.6. The van der Waals surface area contributed by atoms with Crippen molar-refractivity contribution >= 4 is 17.5 Å². The monoisotopic (exact) mass is 367 g/mol. The molecule has 27 heavy (non-hydrogen) atoms. The Morgan fingerprint density at radius 2 is 1.70 bits per heavy atom. The second-order valence-electron chi connectivity index (χ2n) is 7.23. The quantitative estimate of drug-likeness (QED) is 0.748. The molecule has 0 heterocycles. The molecule has 0 spiro atoms. The van der Waals surface area contributed by atoms with Crippen LogP contribution in [0.2, 0.25) is 0 Å². The maximum absolute atomic E-state index is 12.3. The number of hydrogen-bond donors (Lipinski definition) is 2. The summed E-state index contributed by atoms with van der Waals surface area (Å²) in [6, 6.07) is 16.9. The molecular weight excluding hydrogens is 338 g/mol. The summed E-state index contributed by atoms with van der Waals surface area (Å²) in [6.07, 6.45) is 0. The van der Waals surface area contributed by atoms with Crippen molar-refractivity contribution in [3.8, 4) is 0 Å². The van der Waals surface area contributed by atoms with Crippen LogP contribution in [0.15, 0.2) is 54.6 Å². The number of benzene rings is 2. The van der Waals surface area contributed by atoms with Crippen LogP contribution in [0.5, 0.6) is 0 Å². The van der Waals surface area contributed by atoms with Crippen molar-refractivity contribution in [2.45, 2.75) is 26.8 Å². The van der Waals surface area contributed by atoms with Gasteiger partial charge in [-0.25, -0.2) is 0 Å². The highest BCUT2D eigenvalue weighted by Crippen LogP contribution is 2.22. The first-order chi connectivity index (χ1) is 12.9. The summed E-state index contributed by atoms with van der Waals surface area (Å²) < 4.78 is 0. The number of anilines is 1. The van der Waals surface area contributed by atoms with Crippen LogP contribution in [-0.2, 0) is 4.79 Å². The first-order valence-electron chi connectivity index (χ1n) is 9.30. The third-order valence-corrected chi connectivity index (χ3v) is 4.42. The molecular formula is C22H29N3O2. The van der Waals surface area contributed by atoms with E-state index in [0.29, 0.717) is 24.6 Å². The van der Waals surface area contributed by atoms with Gasteiger partial charge in [0.2, 0.25) is 5.91 Å². The van der Waals surface area contributed by atoms with Gasteiger partial charge in [-0.1, -0.05) is 44.2 Å². The fourth-order valence-electron chi connectivity index (χ4n) is 2.66. The van der Waals surface area contributed by atoms with Crippen LogP contribution >= 0.6 is 0 Å². The van der Waals surface area contributed by atoms with Gasteiger partial charge in [0.1, 0.15) is 0 Å². The van der Waals surface area contributed by atoms with Crippen molar-refractivity contribution in [2.24, 2.45) is 5.92 Å². The summed E-state index contributed by atoms with van der Waals surface area (Å²) in [5, 5.41) is 5.87. The molecule has 2 aromatic carbocycles. The number of carbonyl (C=O) groups is 2. The van der Waals surface area contributed by atoms with Gasteiger partial charge in [-0.05, 0) is 49.7 Å². The highest BCUT2D eigenvalue weighted by molar-refractivity contribution is 6.04. The number of nitrogens with zero attached hydrogens (tertiary/aromatic N) is 1. The summed E-state index contributed by atoms with van der Waals surface area (Å²) in [4.78, 5) is 26.4. The largest absolute Gasteiger partial charge is 0.355 e. The summed E-state index contributed by atoms with van der Waals surface area (Å²) in [5.74, 6) is 0.315. The second-order valence-corrected chi connectivity index (χ2v) is 7.23. The van der Waals surface area contributed by atoms with E-state index in [1.54, 1.807) is 12.1 Å². The molecule has 0 bridgehead atoms. The van der Waals surface area contributed by atoms with Crippen molar-refractivity contribution < 1.29 is 9.59 Å². The van der Waals surface area contributed by atoms with E-state index in [-0.39, 0.29) is 17.9 Å². The molecule has 5 nitrogen and oxygen atoms in total. The van der Waals surface area contributed by atoms with E-state index < -0.39 is 0 Å². The third kappa shape index (κ3) is 6.53. The molecule has 2 N–H and O–H groups in total. The van der Waals surface area contributed by atoms with Gasteiger partial charge in [-0.15, -0.1) is 0 Å². The molecule has 144 valence electrons. The minimum atomic E-state index is -0.137. The van der Waals surface area contributed by atoms with Crippen molar-refractivity contribution in [1.82, 2.24) is 10.2 Å². The molecule has 2 aromatic rings. The lowest BCUT2D eigenvalue weighted by Crippen LogP contribution is -2.37. The fraction of sp³-hybridized carbons (Fsp3) is 0.364. The Labute approximate surface area is 161 Å². The molecule has 0 radical (unpaired) electrons. The van der Waals surface area contributed by atoms with Gasteiger partial charge < -0.3 is 10.6 Å². The minimum Gasteiger partial charge on any atom is -0.355 e. The molecule has 0 fully saturated rings. The summed E-state index contributed by atoms with van der Waals surface area (Å²) in [6.45, 7) is 7.20. The number of amides is 2. The average molecular weight is 367 g/mol. The molecule has 5 heteroatoms. The third-order valence-electron chi connectivity index (χ3n) is 4.42. The van der Waals surface area contributed by atoms with Gasteiger partial charge in [-0.2, -0.15) is 0 Å². The Morgan fingerprint density at radius 1 is 1.00 bits per heavy atom. The summed E-state index contributed by atoms with van der Waals surface area (Å²) >= 11 is 0. The van der Waals surface area contributed by atoms with Crippen LogP contribution in [0, 0.1) is 5.92 Å². The molecule has 0 aliphatic rings. The fourth-order valence-corrected chi connectivity index (χ4v) is 2.66. The molecule has 0 aliphatic heterocycles. The van der Waals surface area contributed by atoms with Crippen molar-refractivity contribution in [1.29, 1.82) is 0 Å². The number of rotatable bonds is 8. The standard InChI is InChI=1S/C22H29N3O2/c1-16(2)14-23-21(26)15-25(4)17(3)19-11-8-12-20(13-19)24-22(27)18-9-6-5-7-10-18/h5-13,16-17H,14-15H2,1-4H3,(H,23,26)(H,24,27). The zero-order chi connectivity index (χ0) is 19.8. The lowest BCUT2D eigenvalue weighted by molar-refractivity contribution is -0.122. The predicted octanol–water partition coefficient (Wildman–Crippen LogP) is 3.70.